The summed E-state index contributed by atoms with van der Waals surface area (Å²) in [6.45, 7) is 2.96. The molecule has 0 aromatic carbocycles. The zero-order valence-corrected chi connectivity index (χ0v) is 16.4. The molecule has 8 heteroatoms. The highest BCUT2D eigenvalue weighted by molar-refractivity contribution is 5.80. The number of carbonyl (C=O) groups excluding carboxylic acids is 2. The Labute approximate surface area is 165 Å². The average molecular weight is 387 g/mol. The molecule has 1 aromatic heterocycles. The number of nitrogens with zero attached hydrogens (tertiary/aromatic N) is 4. The van der Waals surface area contributed by atoms with E-state index in [1.807, 2.05) is 9.58 Å². The minimum absolute atomic E-state index is 0.114. The molecule has 1 spiro atoms. The highest BCUT2D eigenvalue weighted by atomic mass is 16.5. The van der Waals surface area contributed by atoms with Crippen molar-refractivity contribution in [2.24, 2.45) is 11.8 Å². The summed E-state index contributed by atoms with van der Waals surface area (Å²) < 4.78 is 8.26. The first-order chi connectivity index (χ1) is 13.6. The molecule has 2 aliphatic heterocycles. The second-order valence-electron chi connectivity index (χ2n) is 8.95. The zero-order chi connectivity index (χ0) is 19.1. The van der Waals surface area contributed by atoms with Crippen molar-refractivity contribution in [3.63, 3.8) is 0 Å². The third-order valence-electron chi connectivity index (χ3n) is 6.80. The maximum atomic E-state index is 12.9. The maximum absolute atomic E-state index is 12.9. The van der Waals surface area contributed by atoms with E-state index in [9.17, 15) is 9.59 Å². The van der Waals surface area contributed by atoms with Gasteiger partial charge in [0.1, 0.15) is 11.3 Å². The molecule has 2 saturated carbocycles. The molecule has 28 heavy (non-hydrogen) atoms. The van der Waals surface area contributed by atoms with E-state index >= 15 is 0 Å². The Hall–Kier alpha value is -1.96. The number of likely N-dealkylation sites (tertiary alicyclic amines) is 1. The molecule has 3 fully saturated rings. The van der Waals surface area contributed by atoms with E-state index in [1.54, 1.807) is 0 Å². The van der Waals surface area contributed by atoms with Gasteiger partial charge in [0.2, 0.25) is 11.8 Å². The van der Waals surface area contributed by atoms with Crippen LogP contribution in [0.15, 0.2) is 0 Å². The Morgan fingerprint density at radius 1 is 1.11 bits per heavy atom. The van der Waals surface area contributed by atoms with Crippen LogP contribution in [0.25, 0.3) is 0 Å². The molecule has 0 bridgehead atoms. The monoisotopic (exact) mass is 387 g/mol. The molecule has 5 rings (SSSR count). The van der Waals surface area contributed by atoms with Crippen LogP contribution in [0.1, 0.15) is 62.8 Å². The van der Waals surface area contributed by atoms with Crippen molar-refractivity contribution in [2.75, 3.05) is 13.1 Å². The zero-order valence-electron chi connectivity index (χ0n) is 16.4. The van der Waals surface area contributed by atoms with Crippen molar-refractivity contribution in [1.29, 1.82) is 0 Å². The van der Waals surface area contributed by atoms with Gasteiger partial charge in [-0.15, -0.1) is 5.10 Å². The van der Waals surface area contributed by atoms with Crippen LogP contribution in [0.2, 0.25) is 0 Å². The van der Waals surface area contributed by atoms with Gasteiger partial charge in [-0.3, -0.25) is 9.59 Å². The molecule has 8 nitrogen and oxygen atoms in total. The average Bonchev–Trinajstić information content (AvgIpc) is 3.27. The normalized spacial score (nSPS) is 27.8. The van der Waals surface area contributed by atoms with Gasteiger partial charge in [0.15, 0.2) is 0 Å². The number of fused-ring (bicyclic) bond motifs is 1. The highest BCUT2D eigenvalue weighted by Crippen LogP contribution is 2.35. The van der Waals surface area contributed by atoms with Gasteiger partial charge in [-0.25, -0.2) is 4.68 Å². The predicted octanol–water partition coefficient (Wildman–Crippen LogP) is 1.39. The lowest BCUT2D eigenvalue weighted by molar-refractivity contribution is -0.156. The van der Waals surface area contributed by atoms with Crippen LogP contribution in [-0.2, 0) is 34.0 Å². The summed E-state index contributed by atoms with van der Waals surface area (Å²) in [4.78, 5) is 26.8. The number of carbonyl (C=O) groups is 2. The van der Waals surface area contributed by atoms with Crippen molar-refractivity contribution in [2.45, 2.75) is 76.7 Å². The number of amides is 2. The first kappa shape index (κ1) is 18.1. The van der Waals surface area contributed by atoms with Crippen LogP contribution in [0, 0.1) is 11.8 Å². The van der Waals surface area contributed by atoms with Crippen molar-refractivity contribution >= 4 is 11.8 Å². The van der Waals surface area contributed by atoms with Gasteiger partial charge in [0, 0.05) is 18.4 Å². The van der Waals surface area contributed by atoms with Crippen LogP contribution in [-0.4, -0.2) is 50.4 Å². The number of aromatic nitrogens is 3. The third kappa shape index (κ3) is 3.43. The van der Waals surface area contributed by atoms with Gasteiger partial charge < -0.3 is 15.0 Å². The van der Waals surface area contributed by atoms with Crippen LogP contribution in [0.5, 0.6) is 0 Å². The SMILES string of the molecule is O=C(NCc1nnn2c1COC1(CCCN(C(=O)C3CCCC3)C1)C2)C1CC1. The minimum Gasteiger partial charge on any atom is -0.365 e. The van der Waals surface area contributed by atoms with Crippen LogP contribution < -0.4 is 5.32 Å². The lowest BCUT2D eigenvalue weighted by atomic mass is 9.90. The summed E-state index contributed by atoms with van der Waals surface area (Å²) in [5.74, 6) is 0.829. The van der Waals surface area contributed by atoms with Gasteiger partial charge >= 0.3 is 0 Å². The largest absolute Gasteiger partial charge is 0.365 e. The smallest absolute Gasteiger partial charge is 0.225 e. The topological polar surface area (TPSA) is 89.3 Å². The van der Waals surface area contributed by atoms with Gasteiger partial charge in [-0.05, 0) is 38.5 Å². The van der Waals surface area contributed by atoms with E-state index < -0.39 is 0 Å². The molecule has 2 aliphatic carbocycles. The van der Waals surface area contributed by atoms with Crippen LogP contribution >= 0.6 is 0 Å². The summed E-state index contributed by atoms with van der Waals surface area (Å²) in [6, 6.07) is 0. The summed E-state index contributed by atoms with van der Waals surface area (Å²) in [6.07, 6.45) is 8.31. The fourth-order valence-corrected chi connectivity index (χ4v) is 4.96. The Kier molecular flexibility index (Phi) is 4.61. The van der Waals surface area contributed by atoms with E-state index in [4.69, 9.17) is 4.74 Å². The second kappa shape index (κ2) is 7.13. The molecule has 3 heterocycles. The third-order valence-corrected chi connectivity index (χ3v) is 6.80. The van der Waals surface area contributed by atoms with E-state index in [0.717, 1.165) is 56.5 Å². The van der Waals surface area contributed by atoms with Crippen molar-refractivity contribution in [1.82, 2.24) is 25.2 Å². The molecule has 0 radical (unpaired) electrons. The van der Waals surface area contributed by atoms with Crippen molar-refractivity contribution in [3.8, 4) is 0 Å². The van der Waals surface area contributed by atoms with Crippen molar-refractivity contribution in [3.05, 3.63) is 11.4 Å². The molecule has 1 N–H and O–H groups in total. The molecule has 4 aliphatic rings. The molecule has 1 aromatic rings. The first-order valence-corrected chi connectivity index (χ1v) is 10.8. The van der Waals surface area contributed by atoms with Crippen molar-refractivity contribution < 1.29 is 14.3 Å². The quantitative estimate of drug-likeness (QED) is 0.843. The summed E-state index contributed by atoms with van der Waals surface area (Å²) in [7, 11) is 0. The van der Waals surface area contributed by atoms with E-state index in [0.29, 0.717) is 32.1 Å². The van der Waals surface area contributed by atoms with Crippen LogP contribution in [0.4, 0.5) is 0 Å². The summed E-state index contributed by atoms with van der Waals surface area (Å²) >= 11 is 0. The number of ether oxygens (including phenoxy) is 1. The highest BCUT2D eigenvalue weighted by Gasteiger charge is 2.43. The Morgan fingerprint density at radius 3 is 2.71 bits per heavy atom. The standard InChI is InChI=1S/C20H29N5O3/c26-18(14-6-7-14)21-10-16-17-11-28-20(13-25(17)23-22-16)8-3-9-24(12-20)19(27)15-4-1-2-5-15/h14-15H,1-13H2,(H,21,26). The van der Waals surface area contributed by atoms with E-state index in [-0.39, 0.29) is 23.3 Å². The fraction of sp³-hybridized carbons (Fsp3) is 0.800. The maximum Gasteiger partial charge on any atom is 0.225 e. The van der Waals surface area contributed by atoms with Gasteiger partial charge in [0.25, 0.3) is 0 Å². The molecular formula is C20H29N5O3. The minimum atomic E-state index is -0.359. The Morgan fingerprint density at radius 2 is 1.93 bits per heavy atom. The molecule has 1 unspecified atom stereocenters. The number of piperidine rings is 1. The number of rotatable bonds is 4. The van der Waals surface area contributed by atoms with Gasteiger partial charge in [-0.2, -0.15) is 0 Å². The summed E-state index contributed by atoms with van der Waals surface area (Å²) in [5, 5.41) is 11.6. The Bertz CT molecular complexity index is 768. The Balaban J connectivity index is 1.24. The van der Waals surface area contributed by atoms with E-state index in [2.05, 4.69) is 15.6 Å². The molecule has 1 saturated heterocycles. The van der Waals surface area contributed by atoms with E-state index in [1.165, 1.54) is 12.8 Å². The fourth-order valence-electron chi connectivity index (χ4n) is 4.96. The number of nitrogens with one attached hydrogen (secondary N) is 1. The first-order valence-electron chi connectivity index (χ1n) is 10.8. The lowest BCUT2D eigenvalue weighted by Crippen LogP contribution is -2.56. The van der Waals surface area contributed by atoms with Gasteiger partial charge in [0.05, 0.1) is 31.9 Å². The molecule has 1 atom stereocenters. The molecule has 152 valence electrons. The predicted molar refractivity (Wildman–Crippen MR) is 99.9 cm³/mol. The van der Waals surface area contributed by atoms with Gasteiger partial charge in [-0.1, -0.05) is 18.1 Å². The molecule has 2 amide bonds. The second-order valence-corrected chi connectivity index (χ2v) is 8.95. The number of hydrogen-bond acceptors (Lipinski definition) is 5. The van der Waals surface area contributed by atoms with Crippen LogP contribution in [0.3, 0.4) is 0 Å². The lowest BCUT2D eigenvalue weighted by Gasteiger charge is -2.45. The summed E-state index contributed by atoms with van der Waals surface area (Å²) in [5.41, 5.74) is 1.38. The number of hydrogen-bond donors (Lipinski definition) is 1. The molecular weight excluding hydrogens is 358 g/mol.